The van der Waals surface area contributed by atoms with E-state index >= 15 is 0 Å². The van der Waals surface area contributed by atoms with Crippen molar-refractivity contribution in [3.63, 3.8) is 0 Å². The lowest BCUT2D eigenvalue weighted by atomic mass is 10.3. The summed E-state index contributed by atoms with van der Waals surface area (Å²) < 4.78 is 6.69. The van der Waals surface area contributed by atoms with Crippen LogP contribution in [0.3, 0.4) is 0 Å². The third-order valence-electron chi connectivity index (χ3n) is 3.42. The molecule has 1 heterocycles. The molecule has 1 fully saturated rings. The van der Waals surface area contributed by atoms with E-state index in [1.165, 1.54) is 0 Å². The molecule has 0 unspecified atom stereocenters. The maximum atomic E-state index is 12.0. The molecule has 0 saturated carbocycles. The number of hydrogen-bond acceptors (Lipinski definition) is 3. The van der Waals surface area contributed by atoms with Gasteiger partial charge in [0.15, 0.2) is 0 Å². The van der Waals surface area contributed by atoms with Crippen molar-refractivity contribution in [2.45, 2.75) is 12.8 Å². The van der Waals surface area contributed by atoms with Crippen LogP contribution >= 0.6 is 15.9 Å². The van der Waals surface area contributed by atoms with E-state index in [1.54, 1.807) is 0 Å². The number of hydrogen-bond donors (Lipinski definition) is 0. The Morgan fingerprint density at radius 2 is 1.95 bits per heavy atom. The van der Waals surface area contributed by atoms with E-state index in [4.69, 9.17) is 4.74 Å². The van der Waals surface area contributed by atoms with Crippen LogP contribution in [0, 0.1) is 0 Å². The van der Waals surface area contributed by atoms with Gasteiger partial charge in [0.1, 0.15) is 12.4 Å². The van der Waals surface area contributed by atoms with Gasteiger partial charge in [0.2, 0.25) is 5.91 Å². The minimum Gasteiger partial charge on any atom is -0.492 e. The van der Waals surface area contributed by atoms with Gasteiger partial charge >= 0.3 is 0 Å². The number of carbonyl (C=O) groups excluding carboxylic acids is 1. The molecule has 5 heteroatoms. The third-order valence-corrected chi connectivity index (χ3v) is 3.95. The van der Waals surface area contributed by atoms with Crippen LogP contribution in [0.4, 0.5) is 0 Å². The van der Waals surface area contributed by atoms with Crippen molar-refractivity contribution >= 4 is 21.8 Å². The lowest BCUT2D eigenvalue weighted by Gasteiger charge is -2.21. The van der Waals surface area contributed by atoms with Gasteiger partial charge in [-0.15, -0.1) is 0 Å². The Labute approximate surface area is 128 Å². The molecule has 2 rings (SSSR count). The van der Waals surface area contributed by atoms with Crippen molar-refractivity contribution in [2.24, 2.45) is 0 Å². The molecular formula is C15H21BrN2O2. The van der Waals surface area contributed by atoms with E-state index in [0.717, 1.165) is 42.7 Å². The first-order chi connectivity index (χ1) is 9.65. The third kappa shape index (κ3) is 4.80. The molecule has 0 radical (unpaired) electrons. The number of rotatable bonds is 6. The monoisotopic (exact) mass is 340 g/mol. The van der Waals surface area contributed by atoms with Crippen LogP contribution in [-0.2, 0) is 4.79 Å². The molecule has 20 heavy (non-hydrogen) atoms. The molecule has 1 saturated heterocycles. The van der Waals surface area contributed by atoms with Crippen LogP contribution in [0.1, 0.15) is 12.8 Å². The fourth-order valence-electron chi connectivity index (χ4n) is 2.23. The van der Waals surface area contributed by atoms with Gasteiger partial charge in [-0.2, -0.15) is 0 Å². The van der Waals surface area contributed by atoms with E-state index in [2.05, 4.69) is 15.9 Å². The van der Waals surface area contributed by atoms with Crippen LogP contribution in [0.15, 0.2) is 28.7 Å². The Balaban J connectivity index is 1.65. The molecule has 1 aliphatic rings. The highest BCUT2D eigenvalue weighted by Crippen LogP contribution is 2.15. The zero-order valence-corrected chi connectivity index (χ0v) is 13.4. The second-order valence-electron chi connectivity index (χ2n) is 5.13. The van der Waals surface area contributed by atoms with E-state index in [1.807, 2.05) is 41.1 Å². The summed E-state index contributed by atoms with van der Waals surface area (Å²) in [7, 11) is 1.96. The number of amides is 1. The van der Waals surface area contributed by atoms with Gasteiger partial charge in [-0.3, -0.25) is 9.69 Å². The Morgan fingerprint density at radius 3 is 2.60 bits per heavy atom. The number of nitrogens with zero attached hydrogens (tertiary/aromatic N) is 2. The minimum atomic E-state index is 0.230. The van der Waals surface area contributed by atoms with Gasteiger partial charge in [-0.25, -0.2) is 0 Å². The van der Waals surface area contributed by atoms with Crippen LogP contribution in [0.5, 0.6) is 5.75 Å². The molecule has 1 aliphatic heterocycles. The summed E-state index contributed by atoms with van der Waals surface area (Å²) in [5, 5.41) is 0. The molecule has 0 N–H and O–H groups in total. The van der Waals surface area contributed by atoms with E-state index in [0.29, 0.717) is 13.2 Å². The SMILES string of the molecule is CN(CCOc1ccc(Br)cc1)CC(=O)N1CCCC1. The molecule has 0 atom stereocenters. The van der Waals surface area contributed by atoms with Gasteiger partial charge < -0.3 is 9.64 Å². The first-order valence-electron chi connectivity index (χ1n) is 7.00. The molecule has 110 valence electrons. The lowest BCUT2D eigenvalue weighted by molar-refractivity contribution is -0.131. The molecule has 1 aromatic rings. The molecule has 1 aromatic carbocycles. The summed E-state index contributed by atoms with van der Waals surface area (Å²) >= 11 is 3.39. The average molecular weight is 341 g/mol. The molecule has 0 aliphatic carbocycles. The predicted octanol–water partition coefficient (Wildman–Crippen LogP) is 2.38. The van der Waals surface area contributed by atoms with Crippen molar-refractivity contribution < 1.29 is 9.53 Å². The van der Waals surface area contributed by atoms with Crippen LogP contribution in [-0.4, -0.2) is 55.5 Å². The van der Waals surface area contributed by atoms with Crippen LogP contribution < -0.4 is 4.74 Å². The van der Waals surface area contributed by atoms with E-state index in [9.17, 15) is 4.79 Å². The van der Waals surface area contributed by atoms with Crippen molar-refractivity contribution in [1.82, 2.24) is 9.80 Å². The summed E-state index contributed by atoms with van der Waals surface area (Å²) in [6, 6.07) is 7.77. The molecular weight excluding hydrogens is 320 g/mol. The van der Waals surface area contributed by atoms with E-state index < -0.39 is 0 Å². The van der Waals surface area contributed by atoms with Crippen molar-refractivity contribution in [3.8, 4) is 5.75 Å². The first kappa shape index (κ1) is 15.3. The minimum absolute atomic E-state index is 0.230. The average Bonchev–Trinajstić information content (AvgIpc) is 2.95. The fraction of sp³-hybridized carbons (Fsp3) is 0.533. The van der Waals surface area contributed by atoms with Gasteiger partial charge in [-0.05, 0) is 44.2 Å². The number of ether oxygens (including phenoxy) is 1. The van der Waals surface area contributed by atoms with Crippen LogP contribution in [0.25, 0.3) is 0 Å². The van der Waals surface area contributed by atoms with Gasteiger partial charge in [0, 0.05) is 24.1 Å². The summed E-state index contributed by atoms with van der Waals surface area (Å²) in [6.07, 6.45) is 2.28. The maximum absolute atomic E-state index is 12.0. The summed E-state index contributed by atoms with van der Waals surface area (Å²) in [5.74, 6) is 1.08. The maximum Gasteiger partial charge on any atom is 0.236 e. The summed E-state index contributed by atoms with van der Waals surface area (Å²) in [5.41, 5.74) is 0. The molecule has 0 aromatic heterocycles. The lowest BCUT2D eigenvalue weighted by Crippen LogP contribution is -2.38. The molecule has 1 amide bonds. The number of carbonyl (C=O) groups is 1. The number of likely N-dealkylation sites (tertiary alicyclic amines) is 1. The summed E-state index contributed by atoms with van der Waals surface area (Å²) in [4.78, 5) is 15.9. The normalized spacial score (nSPS) is 14.8. The highest BCUT2D eigenvalue weighted by molar-refractivity contribution is 9.10. The largest absolute Gasteiger partial charge is 0.492 e. The number of halogens is 1. The van der Waals surface area contributed by atoms with Crippen molar-refractivity contribution in [1.29, 1.82) is 0 Å². The van der Waals surface area contributed by atoms with Gasteiger partial charge in [0.25, 0.3) is 0 Å². The van der Waals surface area contributed by atoms with Gasteiger partial charge in [-0.1, -0.05) is 15.9 Å². The quantitative estimate of drug-likeness (QED) is 0.797. The number of benzene rings is 1. The Hall–Kier alpha value is -1.07. The zero-order chi connectivity index (χ0) is 14.4. The predicted molar refractivity (Wildman–Crippen MR) is 82.9 cm³/mol. The standard InChI is InChI=1S/C15H21BrN2O2/c1-17(12-15(19)18-8-2-3-9-18)10-11-20-14-6-4-13(16)5-7-14/h4-7H,2-3,8-12H2,1H3. The second-order valence-corrected chi connectivity index (χ2v) is 6.04. The Bertz CT molecular complexity index is 430. The number of likely N-dealkylation sites (N-methyl/N-ethyl adjacent to an activating group) is 1. The fourth-order valence-corrected chi connectivity index (χ4v) is 2.49. The summed E-state index contributed by atoms with van der Waals surface area (Å²) in [6.45, 7) is 3.65. The van der Waals surface area contributed by atoms with Crippen LogP contribution in [0.2, 0.25) is 0 Å². The molecule has 4 nitrogen and oxygen atoms in total. The first-order valence-corrected chi connectivity index (χ1v) is 7.79. The van der Waals surface area contributed by atoms with Crippen molar-refractivity contribution in [3.05, 3.63) is 28.7 Å². The Morgan fingerprint density at radius 1 is 1.30 bits per heavy atom. The van der Waals surface area contributed by atoms with E-state index in [-0.39, 0.29) is 5.91 Å². The smallest absolute Gasteiger partial charge is 0.236 e. The molecule has 0 spiro atoms. The highest BCUT2D eigenvalue weighted by atomic mass is 79.9. The Kier molecular flexibility index (Phi) is 5.86. The molecule has 0 bridgehead atoms. The van der Waals surface area contributed by atoms with Crippen molar-refractivity contribution in [2.75, 3.05) is 39.8 Å². The topological polar surface area (TPSA) is 32.8 Å². The zero-order valence-electron chi connectivity index (χ0n) is 11.8. The highest BCUT2D eigenvalue weighted by Gasteiger charge is 2.18. The van der Waals surface area contributed by atoms with Gasteiger partial charge in [0.05, 0.1) is 6.54 Å². The second kappa shape index (κ2) is 7.64.